The van der Waals surface area contributed by atoms with E-state index in [4.69, 9.17) is 5.11 Å². The fourth-order valence-corrected chi connectivity index (χ4v) is 1.45. The molecule has 0 aliphatic rings. The number of aliphatic carboxylic acids is 1. The van der Waals surface area contributed by atoms with Crippen LogP contribution in [0.3, 0.4) is 0 Å². The van der Waals surface area contributed by atoms with Crippen LogP contribution in [-0.2, 0) is 11.3 Å². The Bertz CT molecular complexity index is 550. The van der Waals surface area contributed by atoms with Gasteiger partial charge in [0.1, 0.15) is 0 Å². The Morgan fingerprint density at radius 3 is 2.89 bits per heavy atom. The van der Waals surface area contributed by atoms with Gasteiger partial charge in [0, 0.05) is 18.0 Å². The first-order valence-electron chi connectivity index (χ1n) is 5.41. The van der Waals surface area contributed by atoms with Gasteiger partial charge in [0.15, 0.2) is 5.82 Å². The molecule has 2 rings (SSSR count). The molecule has 0 amide bonds. The fourth-order valence-electron chi connectivity index (χ4n) is 1.45. The monoisotopic (exact) mass is 247 g/mol. The molecule has 0 saturated carbocycles. The molecule has 7 nitrogen and oxygen atoms in total. The second-order valence-corrected chi connectivity index (χ2v) is 4.59. The molecule has 0 bridgehead atoms. The summed E-state index contributed by atoms with van der Waals surface area (Å²) < 4.78 is 1.48. The van der Waals surface area contributed by atoms with Crippen molar-refractivity contribution >= 4 is 5.97 Å². The molecule has 0 saturated heterocycles. The first kappa shape index (κ1) is 12.2. The Morgan fingerprint density at radius 2 is 2.28 bits per heavy atom. The molecule has 0 unspecified atom stereocenters. The SMILES string of the molecule is CC(C)(Cn1nnnc1-c1cccnc1)C(=O)O. The summed E-state index contributed by atoms with van der Waals surface area (Å²) in [6, 6.07) is 3.60. The maximum atomic E-state index is 11.1. The van der Waals surface area contributed by atoms with Crippen LogP contribution >= 0.6 is 0 Å². The number of aromatic nitrogens is 5. The van der Waals surface area contributed by atoms with Gasteiger partial charge in [-0.15, -0.1) is 5.10 Å². The molecule has 2 aromatic heterocycles. The normalized spacial score (nSPS) is 11.4. The minimum Gasteiger partial charge on any atom is -0.481 e. The maximum absolute atomic E-state index is 11.1. The van der Waals surface area contributed by atoms with Crippen molar-refractivity contribution in [1.82, 2.24) is 25.2 Å². The highest BCUT2D eigenvalue weighted by molar-refractivity contribution is 5.73. The maximum Gasteiger partial charge on any atom is 0.310 e. The first-order valence-corrected chi connectivity index (χ1v) is 5.41. The molecular formula is C11H13N5O2. The molecule has 18 heavy (non-hydrogen) atoms. The quantitative estimate of drug-likeness (QED) is 0.860. The lowest BCUT2D eigenvalue weighted by atomic mass is 9.94. The van der Waals surface area contributed by atoms with Crippen molar-refractivity contribution in [1.29, 1.82) is 0 Å². The van der Waals surface area contributed by atoms with Crippen molar-refractivity contribution in [2.45, 2.75) is 20.4 Å². The predicted molar refractivity (Wildman–Crippen MR) is 62.5 cm³/mol. The highest BCUT2D eigenvalue weighted by Crippen LogP contribution is 2.21. The molecule has 94 valence electrons. The lowest BCUT2D eigenvalue weighted by molar-refractivity contribution is -0.147. The average Bonchev–Trinajstić information content (AvgIpc) is 2.77. The minimum atomic E-state index is -0.938. The number of carboxylic acids is 1. The van der Waals surface area contributed by atoms with Gasteiger partial charge in [-0.25, -0.2) is 4.68 Å². The van der Waals surface area contributed by atoms with Crippen LogP contribution in [0.5, 0.6) is 0 Å². The first-order chi connectivity index (χ1) is 8.50. The third-order valence-electron chi connectivity index (χ3n) is 2.58. The summed E-state index contributed by atoms with van der Waals surface area (Å²) in [4.78, 5) is 15.1. The van der Waals surface area contributed by atoms with Crippen LogP contribution in [0.4, 0.5) is 0 Å². The predicted octanol–water partition coefficient (Wildman–Crippen LogP) is 0.846. The van der Waals surface area contributed by atoms with Gasteiger partial charge in [-0.2, -0.15) is 0 Å². The van der Waals surface area contributed by atoms with Crippen molar-refractivity contribution in [3.05, 3.63) is 24.5 Å². The zero-order valence-corrected chi connectivity index (χ0v) is 10.1. The zero-order valence-electron chi connectivity index (χ0n) is 10.1. The molecule has 0 radical (unpaired) electrons. The second-order valence-electron chi connectivity index (χ2n) is 4.59. The highest BCUT2D eigenvalue weighted by atomic mass is 16.4. The Labute approximate surface area is 103 Å². The standard InChI is InChI=1S/C11H13N5O2/c1-11(2,10(17)18)7-16-9(13-14-15-16)8-4-3-5-12-6-8/h3-6H,7H2,1-2H3,(H,17,18). The van der Waals surface area contributed by atoms with Crippen LogP contribution in [0.25, 0.3) is 11.4 Å². The largest absolute Gasteiger partial charge is 0.481 e. The van der Waals surface area contributed by atoms with Crippen LogP contribution < -0.4 is 0 Å². The van der Waals surface area contributed by atoms with Crippen LogP contribution in [-0.4, -0.2) is 36.3 Å². The van der Waals surface area contributed by atoms with E-state index in [0.717, 1.165) is 5.56 Å². The molecule has 2 aromatic rings. The molecule has 0 aromatic carbocycles. The molecule has 0 spiro atoms. The Kier molecular flexibility index (Phi) is 3.05. The number of pyridine rings is 1. The summed E-state index contributed by atoms with van der Waals surface area (Å²) in [5.41, 5.74) is -0.185. The van der Waals surface area contributed by atoms with E-state index in [0.29, 0.717) is 5.82 Å². The minimum absolute atomic E-state index is 0.194. The van der Waals surface area contributed by atoms with Crippen molar-refractivity contribution < 1.29 is 9.90 Å². The molecule has 0 aliphatic carbocycles. The summed E-state index contributed by atoms with van der Waals surface area (Å²) in [7, 11) is 0. The van der Waals surface area contributed by atoms with Crippen molar-refractivity contribution in [3.63, 3.8) is 0 Å². The lowest BCUT2D eigenvalue weighted by Gasteiger charge is -2.18. The molecule has 2 heterocycles. The van der Waals surface area contributed by atoms with Crippen LogP contribution in [0.2, 0.25) is 0 Å². The number of hydrogen-bond acceptors (Lipinski definition) is 5. The summed E-state index contributed by atoms with van der Waals surface area (Å²) in [5, 5.41) is 20.4. The van der Waals surface area contributed by atoms with E-state index in [9.17, 15) is 4.79 Å². The van der Waals surface area contributed by atoms with E-state index >= 15 is 0 Å². The molecule has 0 atom stereocenters. The van der Waals surface area contributed by atoms with Crippen molar-refractivity contribution in [2.75, 3.05) is 0 Å². The van der Waals surface area contributed by atoms with E-state index in [1.807, 2.05) is 6.07 Å². The van der Waals surface area contributed by atoms with Gasteiger partial charge in [-0.05, 0) is 36.4 Å². The number of nitrogens with zero attached hydrogens (tertiary/aromatic N) is 5. The summed E-state index contributed by atoms with van der Waals surface area (Å²) in [5.74, 6) is -0.382. The fraction of sp³-hybridized carbons (Fsp3) is 0.364. The third-order valence-corrected chi connectivity index (χ3v) is 2.58. The van der Waals surface area contributed by atoms with Gasteiger partial charge in [0.25, 0.3) is 0 Å². The summed E-state index contributed by atoms with van der Waals surface area (Å²) in [6.07, 6.45) is 3.29. The van der Waals surface area contributed by atoms with Crippen molar-refractivity contribution in [2.24, 2.45) is 5.41 Å². The van der Waals surface area contributed by atoms with E-state index < -0.39 is 11.4 Å². The molecular weight excluding hydrogens is 234 g/mol. The number of tetrazole rings is 1. The average molecular weight is 247 g/mol. The third kappa shape index (κ3) is 2.34. The summed E-state index contributed by atoms with van der Waals surface area (Å²) >= 11 is 0. The smallest absolute Gasteiger partial charge is 0.310 e. The Balaban J connectivity index is 2.32. The number of carbonyl (C=O) groups is 1. The second kappa shape index (κ2) is 4.52. The van der Waals surface area contributed by atoms with Crippen LogP contribution in [0, 0.1) is 5.41 Å². The van der Waals surface area contributed by atoms with Gasteiger partial charge in [0.2, 0.25) is 0 Å². The van der Waals surface area contributed by atoms with Gasteiger partial charge in [-0.3, -0.25) is 9.78 Å². The lowest BCUT2D eigenvalue weighted by Crippen LogP contribution is -2.30. The Morgan fingerprint density at radius 1 is 1.50 bits per heavy atom. The van der Waals surface area contributed by atoms with Gasteiger partial charge < -0.3 is 5.11 Å². The molecule has 0 aliphatic heterocycles. The topological polar surface area (TPSA) is 93.8 Å². The van der Waals surface area contributed by atoms with E-state index in [2.05, 4.69) is 20.5 Å². The van der Waals surface area contributed by atoms with Gasteiger partial charge in [-0.1, -0.05) is 0 Å². The van der Waals surface area contributed by atoms with Crippen molar-refractivity contribution in [3.8, 4) is 11.4 Å². The number of hydrogen-bond donors (Lipinski definition) is 1. The summed E-state index contributed by atoms with van der Waals surface area (Å²) in [6.45, 7) is 3.45. The van der Waals surface area contributed by atoms with Crippen LogP contribution in [0.1, 0.15) is 13.8 Å². The molecule has 0 fully saturated rings. The van der Waals surface area contributed by atoms with E-state index in [1.165, 1.54) is 4.68 Å². The highest BCUT2D eigenvalue weighted by Gasteiger charge is 2.29. The zero-order chi connectivity index (χ0) is 13.2. The van der Waals surface area contributed by atoms with E-state index in [-0.39, 0.29) is 6.54 Å². The number of rotatable bonds is 4. The number of carboxylic acid groups (broad SMARTS) is 1. The Hall–Kier alpha value is -2.31. The van der Waals surface area contributed by atoms with E-state index in [1.54, 1.807) is 32.3 Å². The van der Waals surface area contributed by atoms with Gasteiger partial charge in [0.05, 0.1) is 12.0 Å². The molecule has 7 heteroatoms. The molecule has 1 N–H and O–H groups in total. The van der Waals surface area contributed by atoms with Gasteiger partial charge >= 0.3 is 5.97 Å². The van der Waals surface area contributed by atoms with Crippen LogP contribution in [0.15, 0.2) is 24.5 Å².